The number of para-hydroxylation sites is 2. The molecule has 1 N–H and O–H groups in total. The topological polar surface area (TPSA) is 58.4 Å². The molecule has 1 amide bonds. The molecule has 3 aromatic rings. The van der Waals surface area contributed by atoms with Gasteiger partial charge < -0.3 is 14.6 Å². The largest absolute Gasteiger partial charge is 0.423 e. The summed E-state index contributed by atoms with van der Waals surface area (Å²) in [6.07, 6.45) is 1.93. The summed E-state index contributed by atoms with van der Waals surface area (Å²) in [7, 11) is 0. The Kier molecular flexibility index (Phi) is 5.23. The van der Waals surface area contributed by atoms with E-state index in [1.54, 1.807) is 18.2 Å². The number of aromatic nitrogens is 1. The molecule has 1 fully saturated rings. The van der Waals surface area contributed by atoms with Crippen molar-refractivity contribution in [3.05, 3.63) is 58.1 Å². The van der Waals surface area contributed by atoms with Gasteiger partial charge in [0.2, 0.25) is 0 Å². The van der Waals surface area contributed by atoms with E-state index in [1.807, 2.05) is 24.3 Å². The number of carbonyl (C=O) groups excluding carboxylic acids is 1. The van der Waals surface area contributed by atoms with Crippen LogP contribution in [0.5, 0.6) is 0 Å². The normalized spacial score (nSPS) is 15.3. The van der Waals surface area contributed by atoms with Crippen LogP contribution in [0.2, 0.25) is 10.0 Å². The zero-order chi connectivity index (χ0) is 18.8. The second-order valence-electron chi connectivity index (χ2n) is 6.73. The van der Waals surface area contributed by atoms with E-state index in [1.165, 1.54) is 0 Å². The Bertz CT molecular complexity index is 932. The van der Waals surface area contributed by atoms with E-state index in [0.29, 0.717) is 34.1 Å². The van der Waals surface area contributed by atoms with Crippen molar-refractivity contribution in [3.63, 3.8) is 0 Å². The standard InChI is InChI=1S/C20H19Cl2N3O2/c21-14-5-6-15(16(22)11-14)19(26)23-12-13-7-9-25(10-8-13)20-24-17-3-1-2-4-18(17)27-20/h1-6,11,13H,7-10,12H2,(H,23,26). The van der Waals surface area contributed by atoms with Crippen LogP contribution < -0.4 is 10.2 Å². The van der Waals surface area contributed by atoms with Gasteiger partial charge in [-0.3, -0.25) is 4.79 Å². The van der Waals surface area contributed by atoms with Crippen molar-refractivity contribution < 1.29 is 9.21 Å². The summed E-state index contributed by atoms with van der Waals surface area (Å²) in [6, 6.07) is 13.3. The number of carbonyl (C=O) groups is 1. The molecule has 2 heterocycles. The number of benzene rings is 2. The summed E-state index contributed by atoms with van der Waals surface area (Å²) in [4.78, 5) is 19.0. The quantitative estimate of drug-likeness (QED) is 0.680. The van der Waals surface area contributed by atoms with E-state index in [-0.39, 0.29) is 5.91 Å². The second-order valence-corrected chi connectivity index (χ2v) is 7.57. The van der Waals surface area contributed by atoms with Crippen molar-refractivity contribution in [1.29, 1.82) is 0 Å². The number of oxazole rings is 1. The van der Waals surface area contributed by atoms with E-state index in [9.17, 15) is 4.79 Å². The van der Waals surface area contributed by atoms with Gasteiger partial charge in [-0.05, 0) is 49.1 Å². The number of hydrogen-bond donors (Lipinski definition) is 1. The zero-order valence-corrected chi connectivity index (χ0v) is 16.1. The summed E-state index contributed by atoms with van der Waals surface area (Å²) in [5.41, 5.74) is 2.13. The van der Waals surface area contributed by atoms with Gasteiger partial charge >= 0.3 is 0 Å². The van der Waals surface area contributed by atoms with Crippen molar-refractivity contribution in [2.75, 3.05) is 24.5 Å². The fourth-order valence-electron chi connectivity index (χ4n) is 3.33. The first-order valence-electron chi connectivity index (χ1n) is 8.94. The smallest absolute Gasteiger partial charge is 0.298 e. The molecule has 140 valence electrons. The molecule has 7 heteroatoms. The predicted octanol–water partition coefficient (Wildman–Crippen LogP) is 4.78. The van der Waals surface area contributed by atoms with Gasteiger partial charge in [0.25, 0.3) is 11.9 Å². The lowest BCUT2D eigenvalue weighted by molar-refractivity contribution is 0.0945. The molecule has 27 heavy (non-hydrogen) atoms. The Morgan fingerprint density at radius 2 is 1.96 bits per heavy atom. The molecular formula is C20H19Cl2N3O2. The Balaban J connectivity index is 1.31. The van der Waals surface area contributed by atoms with E-state index in [4.69, 9.17) is 27.6 Å². The monoisotopic (exact) mass is 403 g/mol. The molecule has 5 nitrogen and oxygen atoms in total. The third-order valence-electron chi connectivity index (χ3n) is 4.89. The molecule has 1 aliphatic heterocycles. The Morgan fingerprint density at radius 3 is 2.70 bits per heavy atom. The van der Waals surface area contributed by atoms with Crippen molar-refractivity contribution in [3.8, 4) is 0 Å². The molecule has 0 spiro atoms. The number of anilines is 1. The van der Waals surface area contributed by atoms with Gasteiger partial charge in [-0.1, -0.05) is 35.3 Å². The van der Waals surface area contributed by atoms with Crippen LogP contribution in [0, 0.1) is 5.92 Å². The SMILES string of the molecule is O=C(NCC1CCN(c2nc3ccccc3o2)CC1)c1ccc(Cl)cc1Cl. The molecule has 0 bridgehead atoms. The highest BCUT2D eigenvalue weighted by Gasteiger charge is 2.23. The molecule has 1 aromatic heterocycles. The number of halogens is 2. The van der Waals surface area contributed by atoms with Crippen LogP contribution in [0.1, 0.15) is 23.2 Å². The lowest BCUT2D eigenvalue weighted by atomic mass is 9.97. The first-order valence-corrected chi connectivity index (χ1v) is 9.69. The van der Waals surface area contributed by atoms with E-state index in [0.717, 1.165) is 37.0 Å². The van der Waals surface area contributed by atoms with Gasteiger partial charge in [0.05, 0.1) is 10.6 Å². The summed E-state index contributed by atoms with van der Waals surface area (Å²) in [6.45, 7) is 2.34. The molecule has 0 saturated carbocycles. The third-order valence-corrected chi connectivity index (χ3v) is 5.44. The number of nitrogens with one attached hydrogen (secondary N) is 1. The van der Waals surface area contributed by atoms with Crippen LogP contribution in [0.4, 0.5) is 6.01 Å². The molecule has 0 unspecified atom stereocenters. The highest BCUT2D eigenvalue weighted by molar-refractivity contribution is 6.36. The predicted molar refractivity (Wildman–Crippen MR) is 108 cm³/mol. The van der Waals surface area contributed by atoms with Crippen LogP contribution >= 0.6 is 23.2 Å². The zero-order valence-electron chi connectivity index (χ0n) is 14.6. The number of piperidine rings is 1. The molecule has 1 saturated heterocycles. The summed E-state index contributed by atoms with van der Waals surface area (Å²) in [5, 5.41) is 3.86. The second kappa shape index (κ2) is 7.79. The van der Waals surface area contributed by atoms with Gasteiger partial charge in [0, 0.05) is 24.7 Å². The first-order chi connectivity index (χ1) is 13.1. The minimum atomic E-state index is -0.168. The maximum Gasteiger partial charge on any atom is 0.298 e. The van der Waals surface area contributed by atoms with Crippen LogP contribution in [-0.2, 0) is 0 Å². The summed E-state index contributed by atoms with van der Waals surface area (Å²) in [5.74, 6) is 0.249. The third kappa shape index (κ3) is 4.04. The Morgan fingerprint density at radius 1 is 1.19 bits per heavy atom. The molecule has 2 aromatic carbocycles. The highest BCUT2D eigenvalue weighted by atomic mass is 35.5. The van der Waals surface area contributed by atoms with Gasteiger partial charge in [0.1, 0.15) is 5.52 Å². The number of fused-ring (bicyclic) bond motifs is 1. The lowest BCUT2D eigenvalue weighted by Gasteiger charge is -2.30. The van der Waals surface area contributed by atoms with Crippen molar-refractivity contribution in [2.24, 2.45) is 5.92 Å². The lowest BCUT2D eigenvalue weighted by Crippen LogP contribution is -2.38. The Labute approximate surface area is 167 Å². The molecule has 0 aliphatic carbocycles. The molecular weight excluding hydrogens is 385 g/mol. The molecule has 0 atom stereocenters. The van der Waals surface area contributed by atoms with Crippen LogP contribution in [0.15, 0.2) is 46.9 Å². The molecule has 4 rings (SSSR count). The molecule has 1 aliphatic rings. The maximum absolute atomic E-state index is 12.3. The minimum absolute atomic E-state index is 0.168. The Hall–Kier alpha value is -2.24. The summed E-state index contributed by atoms with van der Waals surface area (Å²) >= 11 is 12.0. The summed E-state index contributed by atoms with van der Waals surface area (Å²) < 4.78 is 5.84. The van der Waals surface area contributed by atoms with Gasteiger partial charge in [-0.2, -0.15) is 4.98 Å². The van der Waals surface area contributed by atoms with Gasteiger partial charge in [0.15, 0.2) is 5.58 Å². The number of nitrogens with zero attached hydrogens (tertiary/aromatic N) is 2. The van der Waals surface area contributed by atoms with Gasteiger partial charge in [-0.25, -0.2) is 0 Å². The van der Waals surface area contributed by atoms with E-state index in [2.05, 4.69) is 15.2 Å². The highest BCUT2D eigenvalue weighted by Crippen LogP contribution is 2.26. The number of rotatable bonds is 4. The fourth-order valence-corrected chi connectivity index (χ4v) is 3.82. The first kappa shape index (κ1) is 18.1. The number of hydrogen-bond acceptors (Lipinski definition) is 4. The van der Waals surface area contributed by atoms with Crippen molar-refractivity contribution in [2.45, 2.75) is 12.8 Å². The average molecular weight is 404 g/mol. The molecule has 0 radical (unpaired) electrons. The van der Waals surface area contributed by atoms with Crippen LogP contribution in [0.3, 0.4) is 0 Å². The fraction of sp³-hybridized carbons (Fsp3) is 0.300. The van der Waals surface area contributed by atoms with Crippen molar-refractivity contribution in [1.82, 2.24) is 10.3 Å². The minimum Gasteiger partial charge on any atom is -0.423 e. The van der Waals surface area contributed by atoms with Gasteiger partial charge in [-0.15, -0.1) is 0 Å². The van der Waals surface area contributed by atoms with Crippen molar-refractivity contribution >= 4 is 46.2 Å². The average Bonchev–Trinajstić information content (AvgIpc) is 3.11. The number of amides is 1. The van der Waals surface area contributed by atoms with E-state index < -0.39 is 0 Å². The maximum atomic E-state index is 12.3. The van der Waals surface area contributed by atoms with E-state index >= 15 is 0 Å². The van der Waals surface area contributed by atoms with Crippen LogP contribution in [0.25, 0.3) is 11.1 Å². The van der Waals surface area contributed by atoms with Crippen LogP contribution in [-0.4, -0.2) is 30.5 Å².